The van der Waals surface area contributed by atoms with Crippen molar-refractivity contribution in [3.8, 4) is 6.07 Å². The second kappa shape index (κ2) is 8.21. The standard InChI is InChI=1S/C16H11Cl2N3O4S/c17-11-1-6-15(14(18)7-11)20-9-10(8-19)16(22)21-12-2-4-13(5-3-12)26(23,24)25/h1-7,9,20H,(H,21,22)(H,23,24,25)/b10-9-. The predicted octanol–water partition coefficient (Wildman–Crippen LogP) is 3.70. The third-order valence-corrected chi connectivity index (χ3v) is 4.49. The highest BCUT2D eigenvalue weighted by Gasteiger charge is 2.12. The molecule has 0 heterocycles. The molecule has 0 unspecified atom stereocenters. The molecule has 2 aromatic carbocycles. The SMILES string of the molecule is N#C/C(=C/Nc1ccc(Cl)cc1Cl)C(=O)Nc1ccc(S(=O)(=O)O)cc1. The van der Waals surface area contributed by atoms with Gasteiger partial charge < -0.3 is 10.6 Å². The van der Waals surface area contributed by atoms with Gasteiger partial charge in [0.05, 0.1) is 15.6 Å². The minimum atomic E-state index is -4.32. The summed E-state index contributed by atoms with van der Waals surface area (Å²) in [5, 5.41) is 15.1. The van der Waals surface area contributed by atoms with Crippen molar-refractivity contribution < 1.29 is 17.8 Å². The number of nitriles is 1. The monoisotopic (exact) mass is 411 g/mol. The Morgan fingerprint density at radius 2 is 1.81 bits per heavy atom. The molecule has 0 fully saturated rings. The molecule has 2 aromatic rings. The summed E-state index contributed by atoms with van der Waals surface area (Å²) in [5.41, 5.74) is 0.456. The molecule has 0 atom stereocenters. The van der Waals surface area contributed by atoms with Gasteiger partial charge in [-0.1, -0.05) is 23.2 Å². The van der Waals surface area contributed by atoms with E-state index >= 15 is 0 Å². The maximum absolute atomic E-state index is 12.1. The summed E-state index contributed by atoms with van der Waals surface area (Å²) >= 11 is 11.8. The van der Waals surface area contributed by atoms with E-state index in [0.29, 0.717) is 15.7 Å². The van der Waals surface area contributed by atoms with Crippen LogP contribution in [-0.2, 0) is 14.9 Å². The molecule has 10 heteroatoms. The molecular weight excluding hydrogens is 401 g/mol. The van der Waals surface area contributed by atoms with Crippen LogP contribution < -0.4 is 10.6 Å². The number of nitrogens with zero attached hydrogens (tertiary/aromatic N) is 1. The van der Waals surface area contributed by atoms with E-state index in [1.807, 2.05) is 0 Å². The first-order valence-corrected chi connectivity index (χ1v) is 9.11. The third-order valence-electron chi connectivity index (χ3n) is 3.08. The number of anilines is 2. The molecular formula is C16H11Cl2N3O4S. The Bertz CT molecular complexity index is 1010. The van der Waals surface area contributed by atoms with E-state index in [2.05, 4.69) is 10.6 Å². The molecule has 1 amide bonds. The number of carbonyl (C=O) groups excluding carboxylic acids is 1. The van der Waals surface area contributed by atoms with Gasteiger partial charge in [-0.2, -0.15) is 13.7 Å². The third kappa shape index (κ3) is 5.21. The largest absolute Gasteiger partial charge is 0.359 e. The van der Waals surface area contributed by atoms with Crippen molar-refractivity contribution >= 4 is 50.6 Å². The molecule has 0 radical (unpaired) electrons. The number of rotatable bonds is 5. The highest BCUT2D eigenvalue weighted by Crippen LogP contribution is 2.25. The zero-order chi connectivity index (χ0) is 19.3. The lowest BCUT2D eigenvalue weighted by atomic mass is 10.2. The Morgan fingerprint density at radius 3 is 2.35 bits per heavy atom. The fourth-order valence-electron chi connectivity index (χ4n) is 1.81. The van der Waals surface area contributed by atoms with E-state index in [1.54, 1.807) is 18.2 Å². The zero-order valence-corrected chi connectivity index (χ0v) is 15.2. The van der Waals surface area contributed by atoms with Crippen LogP contribution in [0.2, 0.25) is 10.0 Å². The lowest BCUT2D eigenvalue weighted by molar-refractivity contribution is -0.112. The van der Waals surface area contributed by atoms with Gasteiger partial charge in [-0.3, -0.25) is 9.35 Å². The van der Waals surface area contributed by atoms with Gasteiger partial charge >= 0.3 is 0 Å². The second-order valence-electron chi connectivity index (χ2n) is 4.89. The Kier molecular flexibility index (Phi) is 6.23. The second-order valence-corrected chi connectivity index (χ2v) is 7.16. The Morgan fingerprint density at radius 1 is 1.15 bits per heavy atom. The van der Waals surface area contributed by atoms with Crippen LogP contribution in [0.5, 0.6) is 0 Å². The minimum absolute atomic E-state index is 0.241. The van der Waals surface area contributed by atoms with Gasteiger partial charge in [0.25, 0.3) is 16.0 Å². The summed E-state index contributed by atoms with van der Waals surface area (Å²) in [6, 6.07) is 11.2. The number of halogens is 2. The van der Waals surface area contributed by atoms with Gasteiger partial charge in [-0.25, -0.2) is 0 Å². The van der Waals surface area contributed by atoms with Gasteiger partial charge in [0.1, 0.15) is 11.6 Å². The Labute approximate surface area is 159 Å². The number of hydrogen-bond acceptors (Lipinski definition) is 5. The molecule has 0 spiro atoms. The topological polar surface area (TPSA) is 119 Å². The maximum Gasteiger partial charge on any atom is 0.294 e. The average molecular weight is 412 g/mol. The first-order valence-electron chi connectivity index (χ1n) is 6.91. The fourth-order valence-corrected chi connectivity index (χ4v) is 2.76. The molecule has 0 saturated heterocycles. The molecule has 0 aliphatic carbocycles. The molecule has 0 aromatic heterocycles. The van der Waals surface area contributed by atoms with E-state index in [4.69, 9.17) is 33.0 Å². The van der Waals surface area contributed by atoms with Crippen molar-refractivity contribution in [2.45, 2.75) is 4.90 Å². The highest BCUT2D eigenvalue weighted by molar-refractivity contribution is 7.85. The number of carbonyl (C=O) groups is 1. The van der Waals surface area contributed by atoms with Gasteiger partial charge in [0, 0.05) is 16.9 Å². The van der Waals surface area contributed by atoms with Gasteiger partial charge in [0.2, 0.25) is 0 Å². The summed E-state index contributed by atoms with van der Waals surface area (Å²) in [4.78, 5) is 11.8. The van der Waals surface area contributed by atoms with Crippen LogP contribution >= 0.6 is 23.2 Å². The zero-order valence-electron chi connectivity index (χ0n) is 12.9. The van der Waals surface area contributed by atoms with Crippen molar-refractivity contribution in [2.24, 2.45) is 0 Å². The molecule has 26 heavy (non-hydrogen) atoms. The highest BCUT2D eigenvalue weighted by atomic mass is 35.5. The maximum atomic E-state index is 12.1. The van der Waals surface area contributed by atoms with Crippen LogP contribution in [0, 0.1) is 11.3 Å². The summed E-state index contributed by atoms with van der Waals surface area (Å²) in [5.74, 6) is -0.718. The lowest BCUT2D eigenvalue weighted by Crippen LogP contribution is -2.14. The molecule has 2 rings (SSSR count). The van der Waals surface area contributed by atoms with Crippen molar-refractivity contribution in [1.29, 1.82) is 5.26 Å². The van der Waals surface area contributed by atoms with Crippen molar-refractivity contribution in [3.63, 3.8) is 0 Å². The smallest absolute Gasteiger partial charge is 0.294 e. The molecule has 7 nitrogen and oxygen atoms in total. The van der Waals surface area contributed by atoms with E-state index in [0.717, 1.165) is 12.1 Å². The van der Waals surface area contributed by atoms with E-state index in [-0.39, 0.29) is 16.2 Å². The van der Waals surface area contributed by atoms with Gasteiger partial charge in [0.15, 0.2) is 0 Å². The number of amides is 1. The van der Waals surface area contributed by atoms with E-state index < -0.39 is 16.0 Å². The number of benzene rings is 2. The molecule has 0 aliphatic rings. The molecule has 3 N–H and O–H groups in total. The van der Waals surface area contributed by atoms with Crippen molar-refractivity contribution in [2.75, 3.05) is 10.6 Å². The van der Waals surface area contributed by atoms with Crippen LogP contribution in [0.4, 0.5) is 11.4 Å². The Balaban J connectivity index is 2.12. The molecule has 0 aliphatic heterocycles. The Hall–Kier alpha value is -2.57. The van der Waals surface area contributed by atoms with Crippen LogP contribution in [-0.4, -0.2) is 18.9 Å². The van der Waals surface area contributed by atoms with Crippen molar-refractivity contribution in [3.05, 3.63) is 64.3 Å². The average Bonchev–Trinajstić information content (AvgIpc) is 2.56. The predicted molar refractivity (Wildman–Crippen MR) is 98.7 cm³/mol. The van der Waals surface area contributed by atoms with E-state index in [1.165, 1.54) is 24.4 Å². The van der Waals surface area contributed by atoms with Crippen LogP contribution in [0.3, 0.4) is 0 Å². The molecule has 0 bridgehead atoms. The van der Waals surface area contributed by atoms with Gasteiger partial charge in [-0.15, -0.1) is 0 Å². The van der Waals surface area contributed by atoms with Gasteiger partial charge in [-0.05, 0) is 42.5 Å². The van der Waals surface area contributed by atoms with E-state index in [9.17, 15) is 13.2 Å². The summed E-state index contributed by atoms with van der Waals surface area (Å²) in [7, 11) is -4.32. The first kappa shape index (κ1) is 19.8. The van der Waals surface area contributed by atoms with Crippen LogP contribution in [0.15, 0.2) is 59.1 Å². The fraction of sp³-hybridized carbons (Fsp3) is 0. The number of nitrogens with one attached hydrogen (secondary N) is 2. The lowest BCUT2D eigenvalue weighted by Gasteiger charge is -2.07. The normalized spacial score (nSPS) is 11.5. The number of hydrogen-bond donors (Lipinski definition) is 3. The quantitative estimate of drug-likeness (QED) is 0.391. The summed E-state index contributed by atoms with van der Waals surface area (Å²) < 4.78 is 30.9. The molecule has 134 valence electrons. The molecule has 0 saturated carbocycles. The summed E-state index contributed by atoms with van der Waals surface area (Å²) in [6.07, 6.45) is 1.18. The van der Waals surface area contributed by atoms with Crippen LogP contribution in [0.25, 0.3) is 0 Å². The first-order chi connectivity index (χ1) is 12.2. The summed E-state index contributed by atoms with van der Waals surface area (Å²) in [6.45, 7) is 0. The van der Waals surface area contributed by atoms with Crippen molar-refractivity contribution in [1.82, 2.24) is 0 Å². The minimum Gasteiger partial charge on any atom is -0.359 e. The van der Waals surface area contributed by atoms with Crippen LogP contribution in [0.1, 0.15) is 0 Å².